The van der Waals surface area contributed by atoms with Gasteiger partial charge in [0.25, 0.3) is 0 Å². The van der Waals surface area contributed by atoms with Crippen LogP contribution in [0.4, 0.5) is 5.69 Å². The van der Waals surface area contributed by atoms with Gasteiger partial charge in [-0.1, -0.05) is 0 Å². The fourth-order valence-corrected chi connectivity index (χ4v) is 1.82. The molecule has 0 radical (unpaired) electrons. The Bertz CT molecular complexity index is 366. The Hall–Kier alpha value is -1.36. The van der Waals surface area contributed by atoms with E-state index in [1.54, 1.807) is 6.20 Å². The standard InChI is InChI=1S/C11H18N4O/c1-8(2)15-7-9(6-13-15)14-11(16)10-4-3-5-12-10/h6-8,10,12H,3-5H2,1-2H3,(H,14,16)/t10-/m0/s1. The topological polar surface area (TPSA) is 59.0 Å². The smallest absolute Gasteiger partial charge is 0.241 e. The number of carbonyl (C=O) groups excluding carboxylic acids is 1. The lowest BCUT2D eigenvalue weighted by atomic mass is 10.2. The van der Waals surface area contributed by atoms with Gasteiger partial charge in [-0.2, -0.15) is 5.10 Å². The SMILES string of the molecule is CC(C)n1cc(NC(=O)[C@@H]2CCCN2)cn1. The van der Waals surface area contributed by atoms with E-state index in [1.165, 1.54) is 0 Å². The molecule has 88 valence electrons. The third-order valence-corrected chi connectivity index (χ3v) is 2.77. The van der Waals surface area contributed by atoms with Crippen molar-refractivity contribution >= 4 is 11.6 Å². The van der Waals surface area contributed by atoms with Crippen LogP contribution >= 0.6 is 0 Å². The first-order valence-corrected chi connectivity index (χ1v) is 5.75. The molecule has 0 spiro atoms. The van der Waals surface area contributed by atoms with Crippen molar-refractivity contribution in [3.63, 3.8) is 0 Å². The third-order valence-electron chi connectivity index (χ3n) is 2.77. The summed E-state index contributed by atoms with van der Waals surface area (Å²) in [5, 5.41) is 10.2. The molecule has 0 saturated carbocycles. The van der Waals surface area contributed by atoms with Crippen LogP contribution in [0.3, 0.4) is 0 Å². The van der Waals surface area contributed by atoms with Gasteiger partial charge >= 0.3 is 0 Å². The summed E-state index contributed by atoms with van der Waals surface area (Å²) in [6.07, 6.45) is 5.54. The monoisotopic (exact) mass is 222 g/mol. The summed E-state index contributed by atoms with van der Waals surface area (Å²) in [6, 6.07) is 0.276. The van der Waals surface area contributed by atoms with E-state index in [2.05, 4.69) is 29.6 Å². The summed E-state index contributed by atoms with van der Waals surface area (Å²) in [5.41, 5.74) is 0.771. The van der Waals surface area contributed by atoms with Crippen LogP contribution < -0.4 is 10.6 Å². The van der Waals surface area contributed by atoms with Crippen LogP contribution in [-0.2, 0) is 4.79 Å². The quantitative estimate of drug-likeness (QED) is 0.806. The van der Waals surface area contributed by atoms with Gasteiger partial charge in [-0.05, 0) is 33.2 Å². The van der Waals surface area contributed by atoms with Crippen molar-refractivity contribution in [2.24, 2.45) is 0 Å². The van der Waals surface area contributed by atoms with Crippen molar-refractivity contribution in [3.05, 3.63) is 12.4 Å². The molecule has 1 atom stereocenters. The number of carbonyl (C=O) groups is 1. The van der Waals surface area contributed by atoms with Gasteiger partial charge < -0.3 is 10.6 Å². The lowest BCUT2D eigenvalue weighted by Crippen LogP contribution is -2.35. The van der Waals surface area contributed by atoms with E-state index in [4.69, 9.17) is 0 Å². The van der Waals surface area contributed by atoms with E-state index in [0.717, 1.165) is 25.1 Å². The molecule has 2 heterocycles. The van der Waals surface area contributed by atoms with Gasteiger partial charge in [0.15, 0.2) is 0 Å². The second kappa shape index (κ2) is 4.65. The first-order chi connectivity index (χ1) is 7.66. The third kappa shape index (κ3) is 2.41. The fraction of sp³-hybridized carbons (Fsp3) is 0.636. The van der Waals surface area contributed by atoms with Crippen LogP contribution in [0.2, 0.25) is 0 Å². The molecule has 5 nitrogen and oxygen atoms in total. The summed E-state index contributed by atoms with van der Waals surface area (Å²) in [5.74, 6) is 0.0424. The van der Waals surface area contributed by atoms with Crippen molar-refractivity contribution in [2.75, 3.05) is 11.9 Å². The van der Waals surface area contributed by atoms with Crippen LogP contribution in [0.1, 0.15) is 32.7 Å². The van der Waals surface area contributed by atoms with Gasteiger partial charge in [0, 0.05) is 12.2 Å². The predicted octanol–water partition coefficient (Wildman–Crippen LogP) is 1.15. The molecule has 2 rings (SSSR count). The maximum Gasteiger partial charge on any atom is 0.241 e. The van der Waals surface area contributed by atoms with E-state index in [9.17, 15) is 4.79 Å². The largest absolute Gasteiger partial charge is 0.322 e. The molecule has 1 fully saturated rings. The first kappa shape index (κ1) is 11.1. The van der Waals surface area contributed by atoms with Gasteiger partial charge in [-0.3, -0.25) is 9.48 Å². The molecule has 16 heavy (non-hydrogen) atoms. The number of hydrogen-bond acceptors (Lipinski definition) is 3. The van der Waals surface area contributed by atoms with Crippen molar-refractivity contribution in [3.8, 4) is 0 Å². The predicted molar refractivity (Wildman–Crippen MR) is 62.3 cm³/mol. The Kier molecular flexibility index (Phi) is 3.24. The normalized spacial score (nSPS) is 20.3. The minimum Gasteiger partial charge on any atom is -0.322 e. The molecule has 0 aliphatic carbocycles. The molecule has 1 aliphatic heterocycles. The molecule has 0 aromatic carbocycles. The van der Waals surface area contributed by atoms with Crippen LogP contribution in [-0.4, -0.2) is 28.3 Å². The zero-order valence-corrected chi connectivity index (χ0v) is 9.73. The molecule has 1 aliphatic rings. The maximum absolute atomic E-state index is 11.8. The summed E-state index contributed by atoms with van der Waals surface area (Å²) >= 11 is 0. The minimum absolute atomic E-state index is 0.0394. The lowest BCUT2D eigenvalue weighted by molar-refractivity contribution is -0.117. The van der Waals surface area contributed by atoms with Crippen LogP contribution in [0.15, 0.2) is 12.4 Å². The molecule has 0 bridgehead atoms. The average Bonchev–Trinajstić information content (AvgIpc) is 2.87. The zero-order chi connectivity index (χ0) is 11.5. The van der Waals surface area contributed by atoms with Gasteiger partial charge in [0.2, 0.25) is 5.91 Å². The number of nitrogens with one attached hydrogen (secondary N) is 2. The number of hydrogen-bond donors (Lipinski definition) is 2. The molecule has 2 N–H and O–H groups in total. The highest BCUT2D eigenvalue weighted by atomic mass is 16.2. The molecule has 1 aromatic heterocycles. The molecule has 1 saturated heterocycles. The molecular weight excluding hydrogens is 204 g/mol. The highest BCUT2D eigenvalue weighted by Gasteiger charge is 2.22. The van der Waals surface area contributed by atoms with Crippen molar-refractivity contribution in [1.82, 2.24) is 15.1 Å². The van der Waals surface area contributed by atoms with E-state index in [0.29, 0.717) is 6.04 Å². The van der Waals surface area contributed by atoms with Gasteiger partial charge in [0.05, 0.1) is 17.9 Å². The average molecular weight is 222 g/mol. The van der Waals surface area contributed by atoms with E-state index in [1.807, 2.05) is 10.9 Å². The number of anilines is 1. The van der Waals surface area contributed by atoms with Gasteiger partial charge in [-0.25, -0.2) is 0 Å². The van der Waals surface area contributed by atoms with E-state index < -0.39 is 0 Å². The van der Waals surface area contributed by atoms with Gasteiger partial charge in [-0.15, -0.1) is 0 Å². The Balaban J connectivity index is 1.95. The Morgan fingerprint density at radius 2 is 2.50 bits per heavy atom. The maximum atomic E-state index is 11.8. The van der Waals surface area contributed by atoms with Crippen molar-refractivity contribution in [1.29, 1.82) is 0 Å². The molecular formula is C11H18N4O. The van der Waals surface area contributed by atoms with Crippen LogP contribution in [0, 0.1) is 0 Å². The van der Waals surface area contributed by atoms with Crippen LogP contribution in [0.5, 0.6) is 0 Å². The Morgan fingerprint density at radius 3 is 3.06 bits per heavy atom. The van der Waals surface area contributed by atoms with Crippen LogP contribution in [0.25, 0.3) is 0 Å². The summed E-state index contributed by atoms with van der Waals surface area (Å²) in [4.78, 5) is 11.8. The first-order valence-electron chi connectivity index (χ1n) is 5.75. The molecule has 1 amide bonds. The molecule has 1 aromatic rings. The second-order valence-electron chi connectivity index (χ2n) is 4.44. The number of amides is 1. The fourth-order valence-electron chi connectivity index (χ4n) is 1.82. The summed E-state index contributed by atoms with van der Waals surface area (Å²) in [6.45, 7) is 5.04. The second-order valence-corrected chi connectivity index (χ2v) is 4.44. The summed E-state index contributed by atoms with van der Waals surface area (Å²) < 4.78 is 1.83. The highest BCUT2D eigenvalue weighted by Crippen LogP contribution is 2.12. The number of aromatic nitrogens is 2. The minimum atomic E-state index is -0.0394. The number of nitrogens with zero attached hydrogens (tertiary/aromatic N) is 2. The van der Waals surface area contributed by atoms with E-state index >= 15 is 0 Å². The highest BCUT2D eigenvalue weighted by molar-refractivity contribution is 5.94. The molecule has 5 heteroatoms. The Morgan fingerprint density at radius 1 is 1.69 bits per heavy atom. The van der Waals surface area contributed by atoms with Gasteiger partial charge in [0.1, 0.15) is 0 Å². The zero-order valence-electron chi connectivity index (χ0n) is 9.73. The number of rotatable bonds is 3. The van der Waals surface area contributed by atoms with Crippen molar-refractivity contribution < 1.29 is 4.79 Å². The Labute approximate surface area is 95.2 Å². The van der Waals surface area contributed by atoms with Crippen molar-refractivity contribution in [2.45, 2.75) is 38.8 Å². The molecule has 0 unspecified atom stereocenters. The van der Waals surface area contributed by atoms with E-state index in [-0.39, 0.29) is 11.9 Å². The lowest BCUT2D eigenvalue weighted by Gasteiger charge is -2.09. The summed E-state index contributed by atoms with van der Waals surface area (Å²) in [7, 11) is 0.